The number of benzene rings is 10. The Morgan fingerprint density at radius 1 is 0.250 bits per heavy atom. The first-order valence-electron chi connectivity index (χ1n) is 20.5. The smallest absolute Gasteiger partial charge is 0.0468 e. The minimum atomic E-state index is 1.11. The molecule has 0 fully saturated rings. The predicted molar refractivity (Wildman–Crippen MR) is 259 cm³/mol. The fourth-order valence-electron chi connectivity index (χ4n) is 8.62. The van der Waals surface area contributed by atoms with Gasteiger partial charge >= 0.3 is 0 Å². The van der Waals surface area contributed by atoms with Gasteiger partial charge in [-0.2, -0.15) is 0 Å². The zero-order valence-corrected chi connectivity index (χ0v) is 33.7. The molecule has 0 atom stereocenters. The molecule has 60 heavy (non-hydrogen) atoms. The zero-order chi connectivity index (χ0) is 39.8. The second-order valence-corrected chi connectivity index (χ2v) is 16.4. The molecule has 1 nitrogen and oxygen atoms in total. The molecule has 0 aliphatic carbocycles. The van der Waals surface area contributed by atoms with Gasteiger partial charge < -0.3 is 4.90 Å². The van der Waals surface area contributed by atoms with Gasteiger partial charge in [0.25, 0.3) is 0 Å². The first-order valence-corrected chi connectivity index (χ1v) is 21.3. The Morgan fingerprint density at radius 3 is 1.30 bits per heavy atom. The van der Waals surface area contributed by atoms with Gasteiger partial charge in [0.1, 0.15) is 0 Å². The van der Waals surface area contributed by atoms with Gasteiger partial charge in [-0.15, -0.1) is 11.3 Å². The van der Waals surface area contributed by atoms with E-state index in [9.17, 15) is 0 Å². The SMILES string of the molecule is c1ccc(-c2ccc(N(c3ccc(-c4cccc5ccccc45)cc3)c3ccc4sc5ccc(-c6cc(-c7ccccc7)cc(-c7ccccc7)c6)cc5c4c3)cc2)cc1. The van der Waals surface area contributed by atoms with E-state index in [0.717, 1.165) is 17.1 Å². The number of rotatable bonds is 8. The van der Waals surface area contributed by atoms with E-state index in [-0.39, 0.29) is 0 Å². The summed E-state index contributed by atoms with van der Waals surface area (Å²) < 4.78 is 2.56. The van der Waals surface area contributed by atoms with Crippen molar-refractivity contribution in [2.75, 3.05) is 4.90 Å². The first kappa shape index (κ1) is 35.6. The molecule has 0 aliphatic rings. The van der Waals surface area contributed by atoms with Crippen LogP contribution in [0.2, 0.25) is 0 Å². The molecule has 1 heterocycles. The molecule has 11 rings (SSSR count). The number of hydrogen-bond donors (Lipinski definition) is 0. The van der Waals surface area contributed by atoms with Gasteiger partial charge in [0.2, 0.25) is 0 Å². The summed E-state index contributed by atoms with van der Waals surface area (Å²) in [6.45, 7) is 0. The Kier molecular flexibility index (Phi) is 9.11. The second kappa shape index (κ2) is 15.3. The van der Waals surface area contributed by atoms with E-state index in [1.807, 2.05) is 11.3 Å². The summed E-state index contributed by atoms with van der Waals surface area (Å²) in [6, 6.07) is 86.2. The van der Waals surface area contributed by atoms with E-state index in [1.54, 1.807) is 0 Å². The van der Waals surface area contributed by atoms with Crippen LogP contribution < -0.4 is 4.90 Å². The molecule has 0 unspecified atom stereocenters. The highest BCUT2D eigenvalue weighted by Gasteiger charge is 2.17. The van der Waals surface area contributed by atoms with Crippen molar-refractivity contribution in [2.45, 2.75) is 0 Å². The van der Waals surface area contributed by atoms with E-state index < -0.39 is 0 Å². The molecule has 0 N–H and O–H groups in total. The largest absolute Gasteiger partial charge is 0.310 e. The van der Waals surface area contributed by atoms with Crippen molar-refractivity contribution in [1.29, 1.82) is 0 Å². The maximum absolute atomic E-state index is 2.40. The summed E-state index contributed by atoms with van der Waals surface area (Å²) >= 11 is 1.86. The monoisotopic (exact) mass is 781 g/mol. The normalized spacial score (nSPS) is 11.3. The summed E-state index contributed by atoms with van der Waals surface area (Å²) in [7, 11) is 0. The fourth-order valence-corrected chi connectivity index (χ4v) is 9.69. The van der Waals surface area contributed by atoms with Crippen LogP contribution in [0.25, 0.3) is 86.6 Å². The molecule has 0 saturated carbocycles. The summed E-state index contributed by atoms with van der Waals surface area (Å²) in [5.74, 6) is 0. The summed E-state index contributed by atoms with van der Waals surface area (Å²) in [5.41, 5.74) is 15.5. The maximum Gasteiger partial charge on any atom is 0.0468 e. The van der Waals surface area contributed by atoms with Gasteiger partial charge in [0.15, 0.2) is 0 Å². The van der Waals surface area contributed by atoms with E-state index in [2.05, 4.69) is 241 Å². The minimum Gasteiger partial charge on any atom is -0.310 e. The van der Waals surface area contributed by atoms with Crippen LogP contribution in [0, 0.1) is 0 Å². The van der Waals surface area contributed by atoms with E-state index in [1.165, 1.54) is 86.6 Å². The summed E-state index contributed by atoms with van der Waals surface area (Å²) in [5, 5.41) is 5.04. The molecule has 0 aliphatic heterocycles. The van der Waals surface area contributed by atoms with Gasteiger partial charge in [0, 0.05) is 37.2 Å². The van der Waals surface area contributed by atoms with Crippen LogP contribution >= 0.6 is 11.3 Å². The second-order valence-electron chi connectivity index (χ2n) is 15.3. The van der Waals surface area contributed by atoms with Crippen LogP contribution in [0.1, 0.15) is 0 Å². The Bertz CT molecular complexity index is 3210. The molecule has 0 spiro atoms. The molecule has 10 aromatic carbocycles. The lowest BCUT2D eigenvalue weighted by Gasteiger charge is -2.26. The molecular formula is C58H39NS. The summed E-state index contributed by atoms with van der Waals surface area (Å²) in [4.78, 5) is 2.39. The van der Waals surface area contributed by atoms with Crippen LogP contribution in [0.3, 0.4) is 0 Å². The molecule has 0 amide bonds. The van der Waals surface area contributed by atoms with Crippen LogP contribution in [0.15, 0.2) is 237 Å². The third kappa shape index (κ3) is 6.73. The Morgan fingerprint density at radius 2 is 0.683 bits per heavy atom. The zero-order valence-electron chi connectivity index (χ0n) is 32.9. The van der Waals surface area contributed by atoms with E-state index in [4.69, 9.17) is 0 Å². The predicted octanol–water partition coefficient (Wildman–Crippen LogP) is 17.0. The fraction of sp³-hybridized carbons (Fsp3) is 0. The number of anilines is 3. The number of fused-ring (bicyclic) bond motifs is 4. The molecule has 1 aromatic heterocycles. The van der Waals surface area contributed by atoms with Gasteiger partial charge in [-0.05, 0) is 139 Å². The van der Waals surface area contributed by atoms with Gasteiger partial charge in [-0.3, -0.25) is 0 Å². The Hall–Kier alpha value is -7.52. The van der Waals surface area contributed by atoms with Crippen LogP contribution in [-0.2, 0) is 0 Å². The third-order valence-corrected chi connectivity index (χ3v) is 12.8. The molecule has 0 bridgehead atoms. The molecule has 0 saturated heterocycles. The third-order valence-electron chi connectivity index (χ3n) is 11.7. The highest BCUT2D eigenvalue weighted by molar-refractivity contribution is 7.25. The lowest BCUT2D eigenvalue weighted by molar-refractivity contribution is 1.29. The summed E-state index contributed by atoms with van der Waals surface area (Å²) in [6.07, 6.45) is 0. The number of hydrogen-bond acceptors (Lipinski definition) is 2. The van der Waals surface area contributed by atoms with Crippen molar-refractivity contribution in [3.8, 4) is 55.6 Å². The first-order chi connectivity index (χ1) is 29.7. The van der Waals surface area contributed by atoms with Gasteiger partial charge in [-0.25, -0.2) is 0 Å². The Labute approximate surface area is 354 Å². The van der Waals surface area contributed by atoms with Gasteiger partial charge in [0.05, 0.1) is 0 Å². The van der Waals surface area contributed by atoms with Crippen molar-refractivity contribution in [3.05, 3.63) is 237 Å². The Balaban J connectivity index is 1.03. The average Bonchev–Trinajstić information content (AvgIpc) is 3.70. The van der Waals surface area contributed by atoms with Crippen molar-refractivity contribution in [1.82, 2.24) is 0 Å². The van der Waals surface area contributed by atoms with Crippen molar-refractivity contribution in [2.24, 2.45) is 0 Å². The minimum absolute atomic E-state index is 1.11. The molecule has 282 valence electrons. The lowest BCUT2D eigenvalue weighted by atomic mass is 9.93. The molecular weight excluding hydrogens is 743 g/mol. The number of nitrogens with zero attached hydrogens (tertiary/aromatic N) is 1. The number of thiophene rings is 1. The molecule has 11 aromatic rings. The van der Waals surface area contributed by atoms with E-state index in [0.29, 0.717) is 0 Å². The van der Waals surface area contributed by atoms with E-state index >= 15 is 0 Å². The van der Waals surface area contributed by atoms with Crippen LogP contribution in [-0.4, -0.2) is 0 Å². The standard InChI is InChI=1S/C58H39NS/c1-4-13-40(14-5-1)43-23-28-50(29-24-43)59(51-30-25-45(26-31-51)54-22-12-20-44-19-10-11-21-53(44)54)52-32-34-58-56(39-52)55-38-46(27-33-57(55)60-58)49-36-47(41-15-6-2-7-16-41)35-48(37-49)42-17-8-3-9-18-42/h1-39H. The van der Waals surface area contributed by atoms with Crippen molar-refractivity contribution < 1.29 is 0 Å². The average molecular weight is 782 g/mol. The van der Waals surface area contributed by atoms with Crippen molar-refractivity contribution in [3.63, 3.8) is 0 Å². The quantitative estimate of drug-likeness (QED) is 0.148. The lowest BCUT2D eigenvalue weighted by Crippen LogP contribution is -2.09. The molecule has 2 heteroatoms. The van der Waals surface area contributed by atoms with Gasteiger partial charge in [-0.1, -0.05) is 164 Å². The van der Waals surface area contributed by atoms with Crippen LogP contribution in [0.4, 0.5) is 17.1 Å². The topological polar surface area (TPSA) is 3.24 Å². The van der Waals surface area contributed by atoms with Crippen LogP contribution in [0.5, 0.6) is 0 Å². The van der Waals surface area contributed by atoms with Crippen molar-refractivity contribution >= 4 is 59.3 Å². The highest BCUT2D eigenvalue weighted by Crippen LogP contribution is 2.43. The highest BCUT2D eigenvalue weighted by atomic mass is 32.1. The maximum atomic E-state index is 2.40. The molecule has 0 radical (unpaired) electrons.